The lowest BCUT2D eigenvalue weighted by Gasteiger charge is -2.22. The van der Waals surface area contributed by atoms with Crippen LogP contribution in [-0.2, 0) is 11.2 Å². The van der Waals surface area contributed by atoms with Crippen LogP contribution < -0.4 is 10.6 Å². The Bertz CT molecular complexity index is 512. The summed E-state index contributed by atoms with van der Waals surface area (Å²) in [6.07, 6.45) is 5.16. The van der Waals surface area contributed by atoms with Crippen LogP contribution in [-0.4, -0.2) is 43.0 Å². The summed E-state index contributed by atoms with van der Waals surface area (Å²) < 4.78 is 11.0. The molecule has 3 heterocycles. The average molecular weight is 420 g/mol. The third-order valence-corrected chi connectivity index (χ3v) is 4.50. The third-order valence-electron chi connectivity index (χ3n) is 4.50. The third kappa shape index (κ3) is 3.73. The molecule has 1 aromatic heterocycles. The first kappa shape index (κ1) is 17.5. The molecule has 124 valence electrons. The molecule has 0 amide bonds. The van der Waals surface area contributed by atoms with Gasteiger partial charge in [0.25, 0.3) is 0 Å². The summed E-state index contributed by atoms with van der Waals surface area (Å²) in [5.74, 6) is 1.75. The minimum atomic E-state index is 0. The number of aliphatic imine (C=N–C) groups is 1. The molecule has 3 unspecified atom stereocenters. The lowest BCUT2D eigenvalue weighted by molar-refractivity contribution is 0.0992. The number of hydrogen-bond acceptors (Lipinski definition) is 4. The van der Waals surface area contributed by atoms with Gasteiger partial charge in [0, 0.05) is 19.2 Å². The van der Waals surface area contributed by atoms with Gasteiger partial charge in [0.1, 0.15) is 5.76 Å². The molecular formula is C15H25IN4O2. The summed E-state index contributed by atoms with van der Waals surface area (Å²) in [5.41, 5.74) is 2.15. The number of guanidine groups is 1. The van der Waals surface area contributed by atoms with Crippen molar-refractivity contribution in [3.05, 3.63) is 17.0 Å². The van der Waals surface area contributed by atoms with Gasteiger partial charge in [-0.15, -0.1) is 24.0 Å². The van der Waals surface area contributed by atoms with Crippen LogP contribution in [0.25, 0.3) is 0 Å². The molecule has 2 saturated heterocycles. The highest BCUT2D eigenvalue weighted by molar-refractivity contribution is 14.0. The zero-order chi connectivity index (χ0) is 14.8. The fraction of sp³-hybridized carbons (Fsp3) is 0.733. The Kier molecular flexibility index (Phi) is 6.08. The molecule has 2 aliphatic heterocycles. The van der Waals surface area contributed by atoms with Crippen molar-refractivity contribution < 1.29 is 9.26 Å². The van der Waals surface area contributed by atoms with Crippen LogP contribution >= 0.6 is 24.0 Å². The molecule has 1 aromatic rings. The zero-order valence-electron chi connectivity index (χ0n) is 13.4. The first-order valence-electron chi connectivity index (χ1n) is 7.71. The molecular weight excluding hydrogens is 395 g/mol. The van der Waals surface area contributed by atoms with E-state index in [1.165, 1.54) is 18.4 Å². The smallest absolute Gasteiger partial charge is 0.191 e. The standard InChI is InChI=1S/C15H24N4O2.HI/c1-9-12(10(2)21-19-9)6-7-17-15(16-3)18-13-8-11-4-5-14(13)20-11;/h11,13-14H,4-8H2,1-3H3,(H2,16,17,18);1H. The summed E-state index contributed by atoms with van der Waals surface area (Å²) >= 11 is 0. The Labute approximate surface area is 148 Å². The van der Waals surface area contributed by atoms with Crippen molar-refractivity contribution in [2.45, 2.75) is 57.8 Å². The van der Waals surface area contributed by atoms with E-state index in [0.717, 1.165) is 36.8 Å². The molecule has 2 N–H and O–H groups in total. The van der Waals surface area contributed by atoms with E-state index in [1.54, 1.807) is 7.05 Å². The fourth-order valence-electron chi connectivity index (χ4n) is 3.32. The van der Waals surface area contributed by atoms with Crippen LogP contribution in [0.3, 0.4) is 0 Å². The molecule has 2 aliphatic rings. The zero-order valence-corrected chi connectivity index (χ0v) is 15.7. The van der Waals surface area contributed by atoms with E-state index in [0.29, 0.717) is 18.2 Å². The highest BCUT2D eigenvalue weighted by Gasteiger charge is 2.41. The number of ether oxygens (including phenoxy) is 1. The second kappa shape index (κ2) is 7.63. The molecule has 2 bridgehead atoms. The molecule has 0 saturated carbocycles. The van der Waals surface area contributed by atoms with Crippen molar-refractivity contribution in [2.24, 2.45) is 4.99 Å². The maximum atomic E-state index is 5.86. The molecule has 3 rings (SSSR count). The van der Waals surface area contributed by atoms with Crippen LogP contribution in [0, 0.1) is 13.8 Å². The molecule has 0 spiro atoms. The van der Waals surface area contributed by atoms with E-state index >= 15 is 0 Å². The van der Waals surface area contributed by atoms with Crippen LogP contribution in [0.15, 0.2) is 9.52 Å². The van der Waals surface area contributed by atoms with Crippen molar-refractivity contribution in [3.63, 3.8) is 0 Å². The van der Waals surface area contributed by atoms with Gasteiger partial charge in [0.05, 0.1) is 23.9 Å². The quantitative estimate of drug-likeness (QED) is 0.443. The number of fused-ring (bicyclic) bond motifs is 2. The van der Waals surface area contributed by atoms with Crippen molar-refractivity contribution in [3.8, 4) is 0 Å². The Balaban J connectivity index is 0.00000176. The van der Waals surface area contributed by atoms with Crippen molar-refractivity contribution in [2.75, 3.05) is 13.6 Å². The Morgan fingerprint density at radius 2 is 2.18 bits per heavy atom. The second-order valence-electron chi connectivity index (χ2n) is 5.91. The lowest BCUT2D eigenvalue weighted by atomic mass is 9.96. The van der Waals surface area contributed by atoms with Crippen LogP contribution in [0.4, 0.5) is 0 Å². The average Bonchev–Trinajstić information content (AvgIpc) is 3.17. The number of hydrogen-bond donors (Lipinski definition) is 2. The molecule has 22 heavy (non-hydrogen) atoms. The van der Waals surface area contributed by atoms with Gasteiger partial charge in [0.2, 0.25) is 0 Å². The van der Waals surface area contributed by atoms with Crippen LogP contribution in [0.1, 0.15) is 36.3 Å². The maximum absolute atomic E-state index is 5.86. The van der Waals surface area contributed by atoms with Gasteiger partial charge in [0.15, 0.2) is 5.96 Å². The van der Waals surface area contributed by atoms with E-state index in [1.807, 2.05) is 13.8 Å². The topological polar surface area (TPSA) is 71.7 Å². The number of aromatic nitrogens is 1. The normalized spacial score (nSPS) is 26.9. The first-order valence-corrected chi connectivity index (χ1v) is 7.71. The minimum Gasteiger partial charge on any atom is -0.373 e. The molecule has 6 nitrogen and oxygen atoms in total. The van der Waals surface area contributed by atoms with Gasteiger partial charge in [-0.2, -0.15) is 0 Å². The summed E-state index contributed by atoms with van der Waals surface area (Å²) in [5, 5.41) is 10.8. The van der Waals surface area contributed by atoms with E-state index in [9.17, 15) is 0 Å². The number of aryl methyl sites for hydroxylation is 2. The van der Waals surface area contributed by atoms with Gasteiger partial charge in [-0.05, 0) is 39.5 Å². The SMILES string of the molecule is CN=C(NCCc1c(C)noc1C)NC1CC2CCC1O2.I. The number of halogens is 1. The number of nitrogens with one attached hydrogen (secondary N) is 2. The van der Waals surface area contributed by atoms with Crippen molar-refractivity contribution in [1.29, 1.82) is 0 Å². The highest BCUT2D eigenvalue weighted by atomic mass is 127. The van der Waals surface area contributed by atoms with Gasteiger partial charge in [-0.3, -0.25) is 4.99 Å². The van der Waals surface area contributed by atoms with E-state index < -0.39 is 0 Å². The number of nitrogens with zero attached hydrogens (tertiary/aromatic N) is 2. The predicted molar refractivity (Wildman–Crippen MR) is 95.9 cm³/mol. The molecule has 3 atom stereocenters. The second-order valence-corrected chi connectivity index (χ2v) is 5.91. The Hall–Kier alpha value is -0.830. The van der Waals surface area contributed by atoms with Gasteiger partial charge in [-0.25, -0.2) is 0 Å². The van der Waals surface area contributed by atoms with Gasteiger partial charge < -0.3 is 19.9 Å². The van der Waals surface area contributed by atoms with E-state index in [-0.39, 0.29) is 24.0 Å². The first-order chi connectivity index (χ1) is 10.2. The monoisotopic (exact) mass is 420 g/mol. The van der Waals surface area contributed by atoms with Crippen LogP contribution in [0.5, 0.6) is 0 Å². The molecule has 0 aromatic carbocycles. The molecule has 7 heteroatoms. The predicted octanol–water partition coefficient (Wildman–Crippen LogP) is 1.94. The minimum absolute atomic E-state index is 0. The number of rotatable bonds is 4. The van der Waals surface area contributed by atoms with Crippen LogP contribution in [0.2, 0.25) is 0 Å². The molecule has 2 fully saturated rings. The van der Waals surface area contributed by atoms with Crippen molar-refractivity contribution in [1.82, 2.24) is 15.8 Å². The fourth-order valence-corrected chi connectivity index (χ4v) is 3.32. The van der Waals surface area contributed by atoms with Gasteiger partial charge in [-0.1, -0.05) is 5.16 Å². The summed E-state index contributed by atoms with van der Waals surface area (Å²) in [6, 6.07) is 0.397. The Morgan fingerprint density at radius 3 is 2.73 bits per heavy atom. The van der Waals surface area contributed by atoms with Crippen molar-refractivity contribution >= 4 is 29.9 Å². The molecule has 0 radical (unpaired) electrons. The summed E-state index contributed by atoms with van der Waals surface area (Å²) in [4.78, 5) is 4.30. The maximum Gasteiger partial charge on any atom is 0.191 e. The lowest BCUT2D eigenvalue weighted by Crippen LogP contribution is -2.47. The largest absolute Gasteiger partial charge is 0.373 e. The summed E-state index contributed by atoms with van der Waals surface area (Å²) in [7, 11) is 1.80. The highest BCUT2D eigenvalue weighted by Crippen LogP contribution is 2.34. The summed E-state index contributed by atoms with van der Waals surface area (Å²) in [6.45, 7) is 4.74. The van der Waals surface area contributed by atoms with Gasteiger partial charge >= 0.3 is 0 Å². The van der Waals surface area contributed by atoms with E-state index in [4.69, 9.17) is 9.26 Å². The van der Waals surface area contributed by atoms with E-state index in [2.05, 4.69) is 20.8 Å². The molecule has 0 aliphatic carbocycles. The Morgan fingerprint density at radius 1 is 1.36 bits per heavy atom.